The lowest BCUT2D eigenvalue weighted by molar-refractivity contribution is 0.0695. The average Bonchev–Trinajstić information content (AvgIpc) is 3.16. The molecular formula is C19H12F2N4O3. The first-order valence-electron chi connectivity index (χ1n) is 8.15. The molecule has 2 heterocycles. The first kappa shape index (κ1) is 17.5. The lowest BCUT2D eigenvalue weighted by atomic mass is 10.1. The van der Waals surface area contributed by atoms with Gasteiger partial charge < -0.3 is 9.67 Å². The second kappa shape index (κ2) is 6.69. The van der Waals surface area contributed by atoms with Gasteiger partial charge in [-0.2, -0.15) is 15.0 Å². The molecular weight excluding hydrogens is 370 g/mol. The van der Waals surface area contributed by atoms with E-state index in [1.165, 1.54) is 21.8 Å². The first-order valence-corrected chi connectivity index (χ1v) is 8.15. The van der Waals surface area contributed by atoms with Crippen LogP contribution in [0.25, 0.3) is 16.6 Å². The molecule has 0 amide bonds. The molecule has 0 saturated heterocycles. The standard InChI is InChI=1S/C19H12F2N4O3/c20-15-7-13-17(8-16(15)21)24(10-14(18(13)26)19(27)28)12-3-1-2-11(6-12)9-25-22-4-5-23-25/h1-8,10H,9H2,(H,27,28). The summed E-state index contributed by atoms with van der Waals surface area (Å²) in [5.74, 6) is -3.82. The molecule has 0 unspecified atom stereocenters. The summed E-state index contributed by atoms with van der Waals surface area (Å²) in [4.78, 5) is 25.3. The van der Waals surface area contributed by atoms with Gasteiger partial charge in [0, 0.05) is 18.0 Å². The van der Waals surface area contributed by atoms with E-state index in [1.807, 2.05) is 6.07 Å². The van der Waals surface area contributed by atoms with Gasteiger partial charge in [0.15, 0.2) is 11.6 Å². The van der Waals surface area contributed by atoms with Gasteiger partial charge in [-0.15, -0.1) is 0 Å². The van der Waals surface area contributed by atoms with Crippen molar-refractivity contribution in [2.45, 2.75) is 6.54 Å². The Kier molecular flexibility index (Phi) is 4.19. The Balaban J connectivity index is 1.95. The first-order chi connectivity index (χ1) is 13.4. The van der Waals surface area contributed by atoms with E-state index in [0.717, 1.165) is 17.8 Å². The molecule has 2 aromatic carbocycles. The zero-order chi connectivity index (χ0) is 19.8. The fourth-order valence-corrected chi connectivity index (χ4v) is 2.98. The van der Waals surface area contributed by atoms with Crippen LogP contribution in [-0.2, 0) is 6.54 Å². The third-order valence-corrected chi connectivity index (χ3v) is 4.26. The number of hydrogen-bond donors (Lipinski definition) is 1. The van der Waals surface area contributed by atoms with Crippen LogP contribution in [0, 0.1) is 11.6 Å². The van der Waals surface area contributed by atoms with Crippen LogP contribution in [-0.4, -0.2) is 30.6 Å². The van der Waals surface area contributed by atoms with Crippen molar-refractivity contribution < 1.29 is 18.7 Å². The molecule has 0 spiro atoms. The number of aromatic nitrogens is 4. The highest BCUT2D eigenvalue weighted by Gasteiger charge is 2.18. The normalized spacial score (nSPS) is 11.1. The summed E-state index contributed by atoms with van der Waals surface area (Å²) in [5.41, 5.74) is -0.0985. The van der Waals surface area contributed by atoms with Crippen molar-refractivity contribution in [1.29, 1.82) is 0 Å². The Bertz CT molecular complexity index is 1270. The van der Waals surface area contributed by atoms with Gasteiger partial charge in [0.2, 0.25) is 5.43 Å². The Labute approximate surface area is 156 Å². The molecule has 9 heteroatoms. The van der Waals surface area contributed by atoms with Gasteiger partial charge >= 0.3 is 5.97 Å². The van der Waals surface area contributed by atoms with E-state index in [9.17, 15) is 23.5 Å². The molecule has 140 valence electrons. The maximum atomic E-state index is 13.8. The minimum Gasteiger partial charge on any atom is -0.477 e. The topological polar surface area (TPSA) is 90.0 Å². The van der Waals surface area contributed by atoms with E-state index in [4.69, 9.17) is 0 Å². The number of carbonyl (C=O) groups is 1. The molecule has 4 rings (SSSR count). The summed E-state index contributed by atoms with van der Waals surface area (Å²) in [6.45, 7) is 0.355. The number of pyridine rings is 1. The van der Waals surface area contributed by atoms with E-state index in [2.05, 4.69) is 10.2 Å². The van der Waals surface area contributed by atoms with Gasteiger partial charge in [0.1, 0.15) is 5.56 Å². The van der Waals surface area contributed by atoms with E-state index < -0.39 is 28.6 Å². The Hall–Kier alpha value is -3.88. The number of rotatable bonds is 4. The number of carboxylic acids is 1. The zero-order valence-electron chi connectivity index (χ0n) is 14.2. The number of hydrogen-bond acceptors (Lipinski definition) is 4. The summed E-state index contributed by atoms with van der Waals surface area (Å²) in [7, 11) is 0. The van der Waals surface area contributed by atoms with Gasteiger partial charge in [0.05, 0.1) is 29.8 Å². The van der Waals surface area contributed by atoms with Gasteiger partial charge in [0.25, 0.3) is 0 Å². The third kappa shape index (κ3) is 3.02. The highest BCUT2D eigenvalue weighted by Crippen LogP contribution is 2.22. The molecule has 28 heavy (non-hydrogen) atoms. The predicted octanol–water partition coefficient (Wildman–Crippen LogP) is 2.61. The SMILES string of the molecule is O=C(O)c1cn(-c2cccc(Cn3nccn3)c2)c2cc(F)c(F)cc2c1=O. The Morgan fingerprint density at radius 1 is 1.07 bits per heavy atom. The van der Waals surface area contributed by atoms with Crippen LogP contribution in [0.3, 0.4) is 0 Å². The number of aromatic carboxylic acids is 1. The Morgan fingerprint density at radius 2 is 1.79 bits per heavy atom. The molecule has 0 aliphatic rings. The number of halogens is 2. The van der Waals surface area contributed by atoms with E-state index in [-0.39, 0.29) is 10.9 Å². The molecule has 0 radical (unpaired) electrons. The fourth-order valence-electron chi connectivity index (χ4n) is 2.98. The van der Waals surface area contributed by atoms with Crippen molar-refractivity contribution in [3.63, 3.8) is 0 Å². The maximum absolute atomic E-state index is 13.8. The molecule has 0 atom stereocenters. The summed E-state index contributed by atoms with van der Waals surface area (Å²) in [6, 6.07) is 8.51. The van der Waals surface area contributed by atoms with Crippen LogP contribution >= 0.6 is 0 Å². The van der Waals surface area contributed by atoms with Crippen molar-refractivity contribution in [3.05, 3.63) is 88.0 Å². The van der Waals surface area contributed by atoms with Crippen LogP contribution in [0.4, 0.5) is 8.78 Å². The molecule has 0 aliphatic heterocycles. The summed E-state index contributed by atoms with van der Waals surface area (Å²) in [6.07, 6.45) is 4.18. The average molecular weight is 382 g/mol. The summed E-state index contributed by atoms with van der Waals surface area (Å²) >= 11 is 0. The van der Waals surface area contributed by atoms with E-state index in [1.54, 1.807) is 18.2 Å². The monoisotopic (exact) mass is 382 g/mol. The fraction of sp³-hybridized carbons (Fsp3) is 0.0526. The predicted molar refractivity (Wildman–Crippen MR) is 95.5 cm³/mol. The molecule has 0 bridgehead atoms. The third-order valence-electron chi connectivity index (χ3n) is 4.26. The number of fused-ring (bicyclic) bond motifs is 1. The molecule has 1 N–H and O–H groups in total. The second-order valence-electron chi connectivity index (χ2n) is 6.06. The quantitative estimate of drug-likeness (QED) is 0.586. The van der Waals surface area contributed by atoms with Crippen molar-refractivity contribution in [2.75, 3.05) is 0 Å². The Morgan fingerprint density at radius 3 is 2.50 bits per heavy atom. The zero-order valence-corrected chi connectivity index (χ0v) is 14.2. The van der Waals surface area contributed by atoms with Gasteiger partial charge in [-0.05, 0) is 23.8 Å². The van der Waals surface area contributed by atoms with Crippen LogP contribution in [0.1, 0.15) is 15.9 Å². The van der Waals surface area contributed by atoms with Gasteiger partial charge in [-0.25, -0.2) is 13.6 Å². The lowest BCUT2D eigenvalue weighted by Crippen LogP contribution is -2.19. The molecule has 4 aromatic rings. The number of benzene rings is 2. The molecule has 2 aromatic heterocycles. The van der Waals surface area contributed by atoms with E-state index >= 15 is 0 Å². The molecule has 0 saturated carbocycles. The summed E-state index contributed by atoms with van der Waals surface area (Å²) in [5, 5.41) is 17.2. The smallest absolute Gasteiger partial charge is 0.341 e. The van der Waals surface area contributed by atoms with Crippen molar-refractivity contribution >= 4 is 16.9 Å². The minimum absolute atomic E-state index is 0.0586. The van der Waals surface area contributed by atoms with Crippen molar-refractivity contribution in [2.24, 2.45) is 0 Å². The molecule has 0 aliphatic carbocycles. The molecule has 7 nitrogen and oxygen atoms in total. The highest BCUT2D eigenvalue weighted by atomic mass is 19.2. The highest BCUT2D eigenvalue weighted by molar-refractivity contribution is 5.93. The number of nitrogens with zero attached hydrogens (tertiary/aromatic N) is 4. The van der Waals surface area contributed by atoms with E-state index in [0.29, 0.717) is 18.3 Å². The van der Waals surface area contributed by atoms with Gasteiger partial charge in [-0.3, -0.25) is 4.79 Å². The van der Waals surface area contributed by atoms with Crippen molar-refractivity contribution in [3.8, 4) is 5.69 Å². The van der Waals surface area contributed by atoms with Crippen LogP contribution < -0.4 is 5.43 Å². The summed E-state index contributed by atoms with van der Waals surface area (Å²) < 4.78 is 28.9. The van der Waals surface area contributed by atoms with Crippen LogP contribution in [0.15, 0.2) is 59.8 Å². The number of carboxylic acid groups (broad SMARTS) is 1. The maximum Gasteiger partial charge on any atom is 0.341 e. The van der Waals surface area contributed by atoms with Crippen molar-refractivity contribution in [1.82, 2.24) is 19.6 Å². The molecule has 0 fully saturated rings. The van der Waals surface area contributed by atoms with Crippen LogP contribution in [0.2, 0.25) is 0 Å². The minimum atomic E-state index is -1.46. The lowest BCUT2D eigenvalue weighted by Gasteiger charge is -2.14. The largest absolute Gasteiger partial charge is 0.477 e. The second-order valence-corrected chi connectivity index (χ2v) is 6.06. The van der Waals surface area contributed by atoms with Crippen LogP contribution in [0.5, 0.6) is 0 Å². The van der Waals surface area contributed by atoms with Gasteiger partial charge in [-0.1, -0.05) is 12.1 Å².